The molecule has 0 saturated heterocycles. The van der Waals surface area contributed by atoms with Crippen LogP contribution in [0.1, 0.15) is 0 Å². The van der Waals surface area contributed by atoms with Gasteiger partial charge in [0.2, 0.25) is 0 Å². The van der Waals surface area contributed by atoms with E-state index in [-0.39, 0.29) is 0 Å². The maximum atomic E-state index is 5.36. The first-order valence-corrected chi connectivity index (χ1v) is 4.48. The molecule has 1 rings (SSSR count). The highest BCUT2D eigenvalue weighted by atomic mass is 33.1. The largest absolute Gasteiger partial charge is 0.384 e. The molecule has 0 spiro atoms. The number of nitrogens with one attached hydrogen (secondary N) is 1. The van der Waals surface area contributed by atoms with Crippen molar-refractivity contribution >= 4 is 34.1 Å². The molecule has 0 aliphatic heterocycles. The van der Waals surface area contributed by atoms with Gasteiger partial charge in [0.15, 0.2) is 0 Å². The van der Waals surface area contributed by atoms with Crippen LogP contribution in [0.5, 0.6) is 0 Å². The first-order valence-electron chi connectivity index (χ1n) is 2.61. The van der Waals surface area contributed by atoms with Gasteiger partial charge < -0.3 is 10.5 Å². The molecule has 3 N–H and O–H groups in total. The summed E-state index contributed by atoms with van der Waals surface area (Å²) in [6, 6.07) is 3.57. The molecule has 54 valence electrons. The molecule has 0 amide bonds. The fourth-order valence-electron chi connectivity index (χ4n) is 0.518. The first-order chi connectivity index (χ1) is 4.83. The van der Waals surface area contributed by atoms with E-state index in [1.807, 2.05) is 6.07 Å². The topological polar surface area (TPSA) is 50.9 Å². The second-order valence-corrected chi connectivity index (χ2v) is 2.60. The van der Waals surface area contributed by atoms with Crippen LogP contribution in [-0.2, 0) is 0 Å². The van der Waals surface area contributed by atoms with E-state index < -0.39 is 0 Å². The lowest BCUT2D eigenvalue weighted by atomic mass is 10.4. The van der Waals surface area contributed by atoms with Crippen LogP contribution >= 0.6 is 22.6 Å². The van der Waals surface area contributed by atoms with Crippen LogP contribution < -0.4 is 10.5 Å². The molecule has 0 fully saturated rings. The first kappa shape index (κ1) is 7.56. The molecule has 0 aromatic carbocycles. The highest BCUT2D eigenvalue weighted by Gasteiger charge is 1.88. The predicted molar refractivity (Wildman–Crippen MR) is 48.8 cm³/mol. The summed E-state index contributed by atoms with van der Waals surface area (Å²) in [5.41, 5.74) is 6.26. The Morgan fingerprint density at radius 3 is 2.90 bits per heavy atom. The van der Waals surface area contributed by atoms with Crippen LogP contribution in [0.2, 0.25) is 0 Å². The molecule has 0 aliphatic carbocycles. The van der Waals surface area contributed by atoms with Gasteiger partial charge in [-0.1, -0.05) is 11.7 Å². The van der Waals surface area contributed by atoms with E-state index in [1.165, 1.54) is 11.0 Å². The van der Waals surface area contributed by atoms with Crippen molar-refractivity contribution < 1.29 is 0 Å². The molecular weight excluding hydrogens is 166 g/mol. The lowest BCUT2D eigenvalue weighted by molar-refractivity contribution is 1.34. The van der Waals surface area contributed by atoms with E-state index in [0.717, 1.165) is 5.69 Å². The van der Waals surface area contributed by atoms with Crippen molar-refractivity contribution in [3.63, 3.8) is 0 Å². The molecule has 1 aromatic heterocycles. The van der Waals surface area contributed by atoms with Crippen molar-refractivity contribution in [2.75, 3.05) is 10.5 Å². The number of nitrogen functional groups attached to an aromatic ring is 1. The minimum absolute atomic E-state index is 0.523. The smallest absolute Gasteiger partial charge is 0.123 e. The molecular formula is C5H7N3S2. The molecule has 10 heavy (non-hydrogen) atoms. The molecule has 0 aliphatic rings. The molecule has 0 radical (unpaired) electrons. The Morgan fingerprint density at radius 1 is 1.60 bits per heavy atom. The third-order valence-corrected chi connectivity index (χ3v) is 1.55. The summed E-state index contributed by atoms with van der Waals surface area (Å²) < 4.78 is 2.90. The Labute approximate surface area is 68.4 Å². The van der Waals surface area contributed by atoms with Gasteiger partial charge in [0.05, 0.1) is 11.9 Å². The summed E-state index contributed by atoms with van der Waals surface area (Å²) in [5.74, 6) is 0.523. The predicted octanol–water partition coefficient (Wildman–Crippen LogP) is 1.57. The average Bonchev–Trinajstić information content (AvgIpc) is 1.95. The number of hydrogen-bond donors (Lipinski definition) is 3. The van der Waals surface area contributed by atoms with Gasteiger partial charge in [0, 0.05) is 11.0 Å². The Balaban J connectivity index is 2.69. The minimum Gasteiger partial charge on any atom is -0.384 e. The molecule has 1 heterocycles. The van der Waals surface area contributed by atoms with Gasteiger partial charge in [0.1, 0.15) is 5.82 Å². The summed E-state index contributed by atoms with van der Waals surface area (Å²) >= 11 is 3.90. The maximum absolute atomic E-state index is 5.36. The standard InChI is InChI=1S/C5H7N3S2/c6-5-2-1-4(3-7-5)8-10-9/h1-3,8-9H,(H2,6,7). The van der Waals surface area contributed by atoms with Crippen molar-refractivity contribution in [1.29, 1.82) is 0 Å². The normalized spacial score (nSPS) is 9.30. The van der Waals surface area contributed by atoms with E-state index in [0.29, 0.717) is 5.82 Å². The Hall–Kier alpha value is -0.550. The van der Waals surface area contributed by atoms with Crippen LogP contribution in [0.15, 0.2) is 18.3 Å². The van der Waals surface area contributed by atoms with E-state index in [1.54, 1.807) is 12.3 Å². The van der Waals surface area contributed by atoms with Gasteiger partial charge >= 0.3 is 0 Å². The summed E-state index contributed by atoms with van der Waals surface area (Å²) in [6.45, 7) is 0. The zero-order valence-corrected chi connectivity index (χ0v) is 6.82. The van der Waals surface area contributed by atoms with Crippen LogP contribution in [0.4, 0.5) is 11.5 Å². The molecule has 0 saturated carbocycles. The molecule has 1 aromatic rings. The highest BCUT2D eigenvalue weighted by Crippen LogP contribution is 2.13. The zero-order chi connectivity index (χ0) is 7.40. The quantitative estimate of drug-likeness (QED) is 0.361. The number of rotatable bonds is 2. The fraction of sp³-hybridized carbons (Fsp3) is 0. The molecule has 0 atom stereocenters. The van der Waals surface area contributed by atoms with Crippen LogP contribution in [0.25, 0.3) is 0 Å². The van der Waals surface area contributed by atoms with Crippen molar-refractivity contribution in [2.45, 2.75) is 0 Å². The van der Waals surface area contributed by atoms with Gasteiger partial charge in [-0.3, -0.25) is 0 Å². The number of nitrogens with two attached hydrogens (primary N) is 1. The molecule has 0 bridgehead atoms. The number of aromatic nitrogens is 1. The maximum Gasteiger partial charge on any atom is 0.123 e. The summed E-state index contributed by atoms with van der Waals surface area (Å²) in [5, 5.41) is 0. The van der Waals surface area contributed by atoms with Crippen molar-refractivity contribution in [2.24, 2.45) is 0 Å². The van der Waals surface area contributed by atoms with Crippen LogP contribution in [0.3, 0.4) is 0 Å². The van der Waals surface area contributed by atoms with Gasteiger partial charge in [-0.15, -0.1) is 0 Å². The van der Waals surface area contributed by atoms with Crippen LogP contribution in [0, 0.1) is 0 Å². The van der Waals surface area contributed by atoms with Gasteiger partial charge in [-0.05, 0) is 12.1 Å². The molecule has 0 unspecified atom stereocenters. The SMILES string of the molecule is Nc1ccc(NSS)cn1. The van der Waals surface area contributed by atoms with E-state index >= 15 is 0 Å². The van der Waals surface area contributed by atoms with E-state index in [2.05, 4.69) is 21.4 Å². The molecule has 5 heteroatoms. The van der Waals surface area contributed by atoms with Gasteiger partial charge in [0.25, 0.3) is 0 Å². The highest BCUT2D eigenvalue weighted by molar-refractivity contribution is 8.69. The van der Waals surface area contributed by atoms with Crippen molar-refractivity contribution in [1.82, 2.24) is 4.98 Å². The number of nitrogens with zero attached hydrogens (tertiary/aromatic N) is 1. The number of anilines is 2. The number of pyridine rings is 1. The Morgan fingerprint density at radius 2 is 2.40 bits per heavy atom. The monoisotopic (exact) mass is 173 g/mol. The summed E-state index contributed by atoms with van der Waals surface area (Å²) in [4.78, 5) is 3.87. The second kappa shape index (κ2) is 3.58. The number of hydrogen-bond acceptors (Lipinski definition) is 5. The van der Waals surface area contributed by atoms with Crippen molar-refractivity contribution in [3.8, 4) is 0 Å². The zero-order valence-electron chi connectivity index (χ0n) is 5.11. The van der Waals surface area contributed by atoms with Crippen LogP contribution in [-0.4, -0.2) is 4.98 Å². The second-order valence-electron chi connectivity index (χ2n) is 1.67. The molecule has 3 nitrogen and oxygen atoms in total. The Bertz CT molecular complexity index is 199. The van der Waals surface area contributed by atoms with E-state index in [4.69, 9.17) is 5.73 Å². The summed E-state index contributed by atoms with van der Waals surface area (Å²) in [6.07, 6.45) is 1.65. The average molecular weight is 173 g/mol. The van der Waals surface area contributed by atoms with E-state index in [9.17, 15) is 0 Å². The Kier molecular flexibility index (Phi) is 2.70. The van der Waals surface area contributed by atoms with Gasteiger partial charge in [-0.2, -0.15) is 0 Å². The summed E-state index contributed by atoms with van der Waals surface area (Å²) in [7, 11) is 1.22. The van der Waals surface area contributed by atoms with Crippen molar-refractivity contribution in [3.05, 3.63) is 18.3 Å². The third kappa shape index (κ3) is 2.00. The third-order valence-electron chi connectivity index (χ3n) is 0.950. The van der Waals surface area contributed by atoms with Gasteiger partial charge in [-0.25, -0.2) is 4.98 Å². The lowest BCUT2D eigenvalue weighted by Gasteiger charge is -1.98. The minimum atomic E-state index is 0.523. The number of thiol groups is 1. The fourth-order valence-corrected chi connectivity index (χ4v) is 1.06. The lowest BCUT2D eigenvalue weighted by Crippen LogP contribution is -1.89.